The summed E-state index contributed by atoms with van der Waals surface area (Å²) in [6, 6.07) is 32.2. The third-order valence-electron chi connectivity index (χ3n) is 7.73. The molecule has 38 heavy (non-hydrogen) atoms. The first-order chi connectivity index (χ1) is 18.4. The van der Waals surface area contributed by atoms with Crippen molar-refractivity contribution in [1.29, 1.82) is 0 Å². The zero-order valence-corrected chi connectivity index (χ0v) is 23.0. The minimum atomic E-state index is -0.0741. The SMILES string of the molecule is Cc1cc(C2C(c3ccccn3)NC(=S)N2c2ccc(C(C)C)cc2)c(C)n1-c1cccc2ccccc12. The van der Waals surface area contributed by atoms with E-state index in [1.54, 1.807) is 0 Å². The average molecular weight is 517 g/mol. The molecule has 3 aromatic carbocycles. The van der Waals surface area contributed by atoms with E-state index < -0.39 is 0 Å². The third-order valence-corrected chi connectivity index (χ3v) is 8.05. The van der Waals surface area contributed by atoms with Crippen LogP contribution in [0.1, 0.15) is 60.1 Å². The maximum absolute atomic E-state index is 5.98. The van der Waals surface area contributed by atoms with Crippen LogP contribution in [0.3, 0.4) is 0 Å². The Morgan fingerprint density at radius 1 is 0.868 bits per heavy atom. The smallest absolute Gasteiger partial charge is 0.174 e. The average Bonchev–Trinajstić information content (AvgIpc) is 3.43. The number of hydrogen-bond acceptors (Lipinski definition) is 2. The van der Waals surface area contributed by atoms with Crippen molar-refractivity contribution in [3.05, 3.63) is 125 Å². The van der Waals surface area contributed by atoms with E-state index in [4.69, 9.17) is 17.2 Å². The Balaban J connectivity index is 1.52. The molecule has 5 aromatic rings. The largest absolute Gasteiger partial charge is 0.351 e. The fourth-order valence-corrected chi connectivity index (χ4v) is 6.18. The molecule has 2 unspecified atom stereocenters. The van der Waals surface area contributed by atoms with Crippen LogP contribution in [0.15, 0.2) is 97.2 Å². The number of anilines is 1. The number of benzene rings is 3. The fourth-order valence-electron chi connectivity index (χ4n) is 5.83. The summed E-state index contributed by atoms with van der Waals surface area (Å²) in [5.74, 6) is 0.476. The molecule has 5 heteroatoms. The lowest BCUT2D eigenvalue weighted by molar-refractivity contribution is 0.565. The molecular formula is C33H32N4S. The predicted molar refractivity (Wildman–Crippen MR) is 161 cm³/mol. The van der Waals surface area contributed by atoms with Crippen LogP contribution in [0.25, 0.3) is 16.5 Å². The summed E-state index contributed by atoms with van der Waals surface area (Å²) in [5, 5.41) is 6.81. The number of hydrogen-bond donors (Lipinski definition) is 1. The van der Waals surface area contributed by atoms with E-state index in [9.17, 15) is 0 Å². The number of pyridine rings is 1. The van der Waals surface area contributed by atoms with Gasteiger partial charge in [0.25, 0.3) is 0 Å². The van der Waals surface area contributed by atoms with Crippen LogP contribution in [-0.4, -0.2) is 14.7 Å². The van der Waals surface area contributed by atoms with Gasteiger partial charge in [-0.3, -0.25) is 4.98 Å². The second-order valence-electron chi connectivity index (χ2n) is 10.4. The molecule has 1 N–H and O–H groups in total. The molecular weight excluding hydrogens is 484 g/mol. The van der Waals surface area contributed by atoms with Gasteiger partial charge in [0, 0.05) is 28.7 Å². The number of rotatable bonds is 5. The van der Waals surface area contributed by atoms with E-state index in [1.165, 1.54) is 39.0 Å². The van der Waals surface area contributed by atoms with Gasteiger partial charge >= 0.3 is 0 Å². The summed E-state index contributed by atoms with van der Waals surface area (Å²) in [6.07, 6.45) is 1.86. The Kier molecular flexibility index (Phi) is 6.24. The Hall–Kier alpha value is -3.96. The highest BCUT2D eigenvalue weighted by Crippen LogP contribution is 2.44. The molecule has 2 atom stereocenters. The highest BCUT2D eigenvalue weighted by atomic mass is 32.1. The first-order valence-corrected chi connectivity index (χ1v) is 13.6. The number of nitrogens with one attached hydrogen (secondary N) is 1. The molecule has 1 aliphatic heterocycles. The van der Waals surface area contributed by atoms with Gasteiger partial charge < -0.3 is 14.8 Å². The van der Waals surface area contributed by atoms with Gasteiger partial charge in [0.15, 0.2) is 5.11 Å². The van der Waals surface area contributed by atoms with Crippen molar-refractivity contribution in [2.24, 2.45) is 0 Å². The number of thiocarbonyl (C=S) groups is 1. The van der Waals surface area contributed by atoms with Crippen LogP contribution < -0.4 is 10.2 Å². The lowest BCUT2D eigenvalue weighted by atomic mass is 9.96. The molecule has 1 saturated heterocycles. The third kappa shape index (κ3) is 4.07. The van der Waals surface area contributed by atoms with Crippen molar-refractivity contribution < 1.29 is 0 Å². The molecule has 4 nitrogen and oxygen atoms in total. The first-order valence-electron chi connectivity index (χ1n) is 13.2. The van der Waals surface area contributed by atoms with E-state index in [0.29, 0.717) is 5.92 Å². The predicted octanol–water partition coefficient (Wildman–Crippen LogP) is 7.94. The van der Waals surface area contributed by atoms with Gasteiger partial charge in [0.1, 0.15) is 0 Å². The fraction of sp³-hybridized carbons (Fsp3) is 0.212. The van der Waals surface area contributed by atoms with E-state index in [-0.39, 0.29) is 12.1 Å². The number of nitrogens with zero attached hydrogens (tertiary/aromatic N) is 3. The summed E-state index contributed by atoms with van der Waals surface area (Å²) < 4.78 is 2.38. The molecule has 6 rings (SSSR count). The molecule has 1 aliphatic rings. The molecule has 1 fully saturated rings. The lowest BCUT2D eigenvalue weighted by Crippen LogP contribution is -2.29. The van der Waals surface area contributed by atoms with Gasteiger partial charge in [-0.15, -0.1) is 0 Å². The van der Waals surface area contributed by atoms with Gasteiger partial charge in [-0.1, -0.05) is 68.4 Å². The molecule has 0 bridgehead atoms. The van der Waals surface area contributed by atoms with Crippen LogP contribution >= 0.6 is 12.2 Å². The molecule has 3 heterocycles. The van der Waals surface area contributed by atoms with Gasteiger partial charge in [0.05, 0.1) is 23.5 Å². The first kappa shape index (κ1) is 24.4. The monoisotopic (exact) mass is 516 g/mol. The highest BCUT2D eigenvalue weighted by Gasteiger charge is 2.42. The van der Waals surface area contributed by atoms with Crippen LogP contribution in [-0.2, 0) is 0 Å². The van der Waals surface area contributed by atoms with E-state index >= 15 is 0 Å². The minimum Gasteiger partial charge on any atom is -0.351 e. The Bertz CT molecular complexity index is 1610. The zero-order valence-electron chi connectivity index (χ0n) is 22.2. The van der Waals surface area contributed by atoms with Crippen molar-refractivity contribution >= 4 is 33.8 Å². The van der Waals surface area contributed by atoms with Crippen molar-refractivity contribution in [2.75, 3.05) is 4.90 Å². The number of fused-ring (bicyclic) bond motifs is 1. The van der Waals surface area contributed by atoms with Gasteiger partial charge in [-0.25, -0.2) is 0 Å². The van der Waals surface area contributed by atoms with Crippen LogP contribution in [0.2, 0.25) is 0 Å². The molecule has 0 aliphatic carbocycles. The van der Waals surface area contributed by atoms with E-state index in [2.05, 4.69) is 121 Å². The van der Waals surface area contributed by atoms with E-state index in [1.807, 2.05) is 18.3 Å². The summed E-state index contributed by atoms with van der Waals surface area (Å²) in [7, 11) is 0. The van der Waals surface area contributed by atoms with Crippen molar-refractivity contribution in [1.82, 2.24) is 14.9 Å². The summed E-state index contributed by atoms with van der Waals surface area (Å²) in [6.45, 7) is 8.86. The molecule has 190 valence electrons. The van der Waals surface area contributed by atoms with Crippen molar-refractivity contribution in [2.45, 2.75) is 45.7 Å². The number of aromatic nitrogens is 2. The second kappa shape index (κ2) is 9.73. The lowest BCUT2D eigenvalue weighted by Gasteiger charge is -2.28. The van der Waals surface area contributed by atoms with Crippen LogP contribution in [0, 0.1) is 13.8 Å². The highest BCUT2D eigenvalue weighted by molar-refractivity contribution is 7.80. The maximum Gasteiger partial charge on any atom is 0.174 e. The van der Waals surface area contributed by atoms with E-state index in [0.717, 1.165) is 16.5 Å². The number of aryl methyl sites for hydroxylation is 1. The summed E-state index contributed by atoms with van der Waals surface area (Å²) in [4.78, 5) is 7.01. The zero-order chi connectivity index (χ0) is 26.4. The van der Waals surface area contributed by atoms with Gasteiger partial charge in [-0.05, 0) is 84.9 Å². The molecule has 2 aromatic heterocycles. The maximum atomic E-state index is 5.98. The van der Waals surface area contributed by atoms with Crippen LogP contribution in [0.4, 0.5) is 5.69 Å². The van der Waals surface area contributed by atoms with Crippen molar-refractivity contribution in [3.8, 4) is 5.69 Å². The van der Waals surface area contributed by atoms with Crippen LogP contribution in [0.5, 0.6) is 0 Å². The van der Waals surface area contributed by atoms with Gasteiger partial charge in [-0.2, -0.15) is 0 Å². The molecule has 0 spiro atoms. The van der Waals surface area contributed by atoms with Gasteiger partial charge in [0.2, 0.25) is 0 Å². The normalized spacial score (nSPS) is 17.4. The van der Waals surface area contributed by atoms with Crippen molar-refractivity contribution in [3.63, 3.8) is 0 Å². The summed E-state index contributed by atoms with van der Waals surface area (Å²) in [5.41, 5.74) is 8.23. The Morgan fingerprint density at radius 2 is 1.61 bits per heavy atom. The molecule has 0 radical (unpaired) electrons. The topological polar surface area (TPSA) is 33.1 Å². The minimum absolute atomic E-state index is 0.0442. The standard InChI is InChI=1S/C33H32N4S/c1-21(2)24-15-17-26(18-16-24)37-32(31(35-33(37)38)29-13-7-8-19-34-29)28-20-22(3)36(23(28)4)30-14-9-11-25-10-5-6-12-27(25)30/h5-21,31-32H,1-4H3,(H,35,38). The quantitative estimate of drug-likeness (QED) is 0.240. The second-order valence-corrected chi connectivity index (χ2v) is 10.8. The Morgan fingerprint density at radius 3 is 2.34 bits per heavy atom. The molecule has 0 amide bonds. The molecule has 0 saturated carbocycles. The summed E-state index contributed by atoms with van der Waals surface area (Å²) >= 11 is 5.98. The Labute approximate surface area is 230 Å².